The van der Waals surface area contributed by atoms with Crippen LogP contribution in [0.25, 0.3) is 0 Å². The highest BCUT2D eigenvalue weighted by atomic mass is 32.1. The molecule has 3 rings (SSSR count). The molecule has 1 fully saturated rings. The summed E-state index contributed by atoms with van der Waals surface area (Å²) in [7, 11) is 3.87. The fraction of sp³-hybridized carbons (Fsp3) is 0.471. The Hall–Kier alpha value is -2.75. The van der Waals surface area contributed by atoms with Gasteiger partial charge in [-0.25, -0.2) is 4.98 Å². The topological polar surface area (TPSA) is 113 Å². The number of aromatic nitrogens is 2. The Morgan fingerprint density at radius 2 is 1.93 bits per heavy atom. The molecule has 1 amide bonds. The van der Waals surface area contributed by atoms with Crippen molar-refractivity contribution in [2.75, 3.05) is 24.3 Å². The minimum Gasteiger partial charge on any atom is -0.363 e. The van der Waals surface area contributed by atoms with Crippen molar-refractivity contribution in [2.45, 2.75) is 37.8 Å². The van der Waals surface area contributed by atoms with Gasteiger partial charge in [-0.05, 0) is 37.8 Å². The number of carbonyl (C=O) groups excluding carboxylic acids is 1. The Bertz CT molecular complexity index is 817. The highest BCUT2D eigenvalue weighted by Crippen LogP contribution is 2.25. The maximum atomic E-state index is 12.3. The van der Waals surface area contributed by atoms with E-state index in [0.29, 0.717) is 10.8 Å². The molecule has 0 radical (unpaired) electrons. The van der Waals surface area contributed by atoms with Crippen molar-refractivity contribution in [3.05, 3.63) is 39.4 Å². The monoisotopic (exact) mass is 390 g/mol. The Balaban J connectivity index is 1.49. The standard InChI is InChI=1S/C17H22N6O3S/c1-22(2)14-9-10-18-17(21-14)20-12-5-3-11(4-6-12)19-16(24)13-7-8-15(27-13)23(25)26/h7-12H,3-6H2,1-2H3,(H,19,24)(H,18,20,21)/t11-,12+. The molecule has 10 heteroatoms. The van der Waals surface area contributed by atoms with E-state index in [1.54, 1.807) is 6.20 Å². The molecule has 0 spiro atoms. The molecule has 0 aromatic carbocycles. The van der Waals surface area contributed by atoms with Crippen molar-refractivity contribution in [1.82, 2.24) is 15.3 Å². The molecule has 2 N–H and O–H groups in total. The van der Waals surface area contributed by atoms with Gasteiger partial charge in [0.05, 0.1) is 9.80 Å². The number of hydrogen-bond donors (Lipinski definition) is 2. The van der Waals surface area contributed by atoms with Gasteiger partial charge in [-0.1, -0.05) is 11.3 Å². The Morgan fingerprint density at radius 1 is 1.22 bits per heavy atom. The molecule has 1 saturated carbocycles. The number of thiophene rings is 1. The molecule has 0 unspecified atom stereocenters. The molecule has 1 aliphatic rings. The summed E-state index contributed by atoms with van der Waals surface area (Å²) in [6, 6.07) is 5.05. The van der Waals surface area contributed by atoms with Gasteiger partial charge in [-0.2, -0.15) is 4.98 Å². The van der Waals surface area contributed by atoms with E-state index in [1.807, 2.05) is 25.1 Å². The summed E-state index contributed by atoms with van der Waals surface area (Å²) in [5.74, 6) is 1.21. The van der Waals surface area contributed by atoms with Crippen molar-refractivity contribution < 1.29 is 9.72 Å². The average Bonchev–Trinajstić information content (AvgIpc) is 3.14. The van der Waals surface area contributed by atoms with E-state index < -0.39 is 4.92 Å². The summed E-state index contributed by atoms with van der Waals surface area (Å²) in [6.07, 6.45) is 5.20. The zero-order chi connectivity index (χ0) is 19.4. The van der Waals surface area contributed by atoms with Gasteiger partial charge in [-0.15, -0.1) is 0 Å². The van der Waals surface area contributed by atoms with E-state index in [0.717, 1.165) is 42.8 Å². The minimum atomic E-state index is -0.480. The third kappa shape index (κ3) is 4.91. The zero-order valence-electron chi connectivity index (χ0n) is 15.2. The number of nitro groups is 1. The van der Waals surface area contributed by atoms with Crippen LogP contribution in [0.15, 0.2) is 24.4 Å². The predicted molar refractivity (Wildman–Crippen MR) is 104 cm³/mol. The van der Waals surface area contributed by atoms with Crippen LogP contribution in [0.2, 0.25) is 0 Å². The first kappa shape index (κ1) is 19.0. The predicted octanol–water partition coefficient (Wildman–Crippen LogP) is 2.67. The summed E-state index contributed by atoms with van der Waals surface area (Å²) >= 11 is 0.900. The van der Waals surface area contributed by atoms with Crippen molar-refractivity contribution in [2.24, 2.45) is 0 Å². The molecule has 0 bridgehead atoms. The summed E-state index contributed by atoms with van der Waals surface area (Å²) in [5.41, 5.74) is 0. The summed E-state index contributed by atoms with van der Waals surface area (Å²) < 4.78 is 0. The van der Waals surface area contributed by atoms with Crippen molar-refractivity contribution >= 4 is 34.0 Å². The highest BCUT2D eigenvalue weighted by Gasteiger charge is 2.24. The van der Waals surface area contributed by atoms with E-state index in [2.05, 4.69) is 20.6 Å². The third-order valence-electron chi connectivity index (χ3n) is 4.49. The lowest BCUT2D eigenvalue weighted by atomic mass is 9.91. The van der Waals surface area contributed by atoms with Crippen LogP contribution in [0, 0.1) is 10.1 Å². The lowest BCUT2D eigenvalue weighted by Gasteiger charge is -2.29. The molecule has 2 aromatic heterocycles. The number of nitrogens with zero attached hydrogens (tertiary/aromatic N) is 4. The van der Waals surface area contributed by atoms with Gasteiger partial charge in [0, 0.05) is 38.4 Å². The normalized spacial score (nSPS) is 19.3. The van der Waals surface area contributed by atoms with E-state index >= 15 is 0 Å². The Morgan fingerprint density at radius 3 is 2.56 bits per heavy atom. The SMILES string of the molecule is CN(C)c1ccnc(N[C@H]2CC[C@@H](NC(=O)c3ccc([N+](=O)[O-])s3)CC2)n1. The number of amides is 1. The van der Waals surface area contributed by atoms with Gasteiger partial charge in [0.2, 0.25) is 5.95 Å². The first-order valence-electron chi connectivity index (χ1n) is 8.74. The molecule has 2 heterocycles. The lowest BCUT2D eigenvalue weighted by Crippen LogP contribution is -2.40. The molecular formula is C17H22N6O3S. The Labute approximate surface area is 161 Å². The van der Waals surface area contributed by atoms with Crippen LogP contribution in [-0.4, -0.2) is 47.0 Å². The van der Waals surface area contributed by atoms with E-state index in [1.165, 1.54) is 12.1 Å². The largest absolute Gasteiger partial charge is 0.363 e. The van der Waals surface area contributed by atoms with Crippen molar-refractivity contribution in [3.63, 3.8) is 0 Å². The van der Waals surface area contributed by atoms with E-state index in [-0.39, 0.29) is 23.0 Å². The number of anilines is 2. The van der Waals surface area contributed by atoms with Gasteiger partial charge < -0.3 is 15.5 Å². The Kier molecular flexibility index (Phi) is 5.84. The lowest BCUT2D eigenvalue weighted by molar-refractivity contribution is -0.380. The van der Waals surface area contributed by atoms with Crippen LogP contribution in [0.3, 0.4) is 0 Å². The zero-order valence-corrected chi connectivity index (χ0v) is 16.0. The quantitative estimate of drug-likeness (QED) is 0.576. The number of carbonyl (C=O) groups is 1. The molecule has 0 saturated heterocycles. The molecule has 1 aliphatic carbocycles. The van der Waals surface area contributed by atoms with E-state index in [9.17, 15) is 14.9 Å². The third-order valence-corrected chi connectivity index (χ3v) is 5.53. The van der Waals surface area contributed by atoms with Crippen LogP contribution < -0.4 is 15.5 Å². The van der Waals surface area contributed by atoms with Crippen LogP contribution in [0.4, 0.5) is 16.8 Å². The highest BCUT2D eigenvalue weighted by molar-refractivity contribution is 7.17. The molecule has 144 valence electrons. The number of hydrogen-bond acceptors (Lipinski definition) is 8. The fourth-order valence-corrected chi connectivity index (χ4v) is 3.76. The summed E-state index contributed by atoms with van der Waals surface area (Å²) in [5, 5.41) is 17.1. The van der Waals surface area contributed by atoms with Gasteiger partial charge in [0.15, 0.2) is 0 Å². The molecule has 27 heavy (non-hydrogen) atoms. The van der Waals surface area contributed by atoms with Gasteiger partial charge in [0.1, 0.15) is 5.82 Å². The maximum absolute atomic E-state index is 12.3. The minimum absolute atomic E-state index is 0.0204. The van der Waals surface area contributed by atoms with Gasteiger partial charge >= 0.3 is 5.00 Å². The second kappa shape index (κ2) is 8.30. The average molecular weight is 390 g/mol. The molecule has 2 aromatic rings. The van der Waals surface area contributed by atoms with Crippen molar-refractivity contribution in [1.29, 1.82) is 0 Å². The maximum Gasteiger partial charge on any atom is 0.324 e. The first-order valence-corrected chi connectivity index (χ1v) is 9.56. The number of rotatable bonds is 6. The van der Waals surface area contributed by atoms with Crippen LogP contribution in [0.1, 0.15) is 35.4 Å². The summed E-state index contributed by atoms with van der Waals surface area (Å²) in [6.45, 7) is 0. The smallest absolute Gasteiger partial charge is 0.324 e. The summed E-state index contributed by atoms with van der Waals surface area (Å²) in [4.78, 5) is 33.5. The molecule has 9 nitrogen and oxygen atoms in total. The van der Waals surface area contributed by atoms with Crippen molar-refractivity contribution in [3.8, 4) is 0 Å². The molecule has 0 aliphatic heterocycles. The van der Waals surface area contributed by atoms with E-state index in [4.69, 9.17) is 0 Å². The number of nitrogens with one attached hydrogen (secondary N) is 2. The van der Waals surface area contributed by atoms with Gasteiger partial charge in [0.25, 0.3) is 5.91 Å². The van der Waals surface area contributed by atoms with Crippen LogP contribution in [-0.2, 0) is 0 Å². The van der Waals surface area contributed by atoms with Crippen LogP contribution in [0.5, 0.6) is 0 Å². The molecule has 0 atom stereocenters. The molecular weight excluding hydrogens is 368 g/mol. The fourth-order valence-electron chi connectivity index (χ4n) is 3.04. The van der Waals surface area contributed by atoms with Crippen LogP contribution >= 0.6 is 11.3 Å². The second-order valence-corrected chi connectivity index (χ2v) is 7.76. The second-order valence-electron chi connectivity index (χ2n) is 6.69. The van der Waals surface area contributed by atoms with Gasteiger partial charge in [-0.3, -0.25) is 14.9 Å². The first-order chi connectivity index (χ1) is 12.9.